The SMILES string of the molecule is CNCc1ccc(I)o1.Cl. The maximum absolute atomic E-state index is 5.25. The minimum Gasteiger partial charge on any atom is -0.454 e. The Morgan fingerprint density at radius 3 is 2.70 bits per heavy atom. The predicted molar refractivity (Wildman–Crippen MR) is 51.4 cm³/mol. The van der Waals surface area contributed by atoms with Crippen molar-refractivity contribution in [2.45, 2.75) is 6.54 Å². The molecule has 2 nitrogen and oxygen atoms in total. The standard InChI is InChI=1S/C6H8INO.ClH/c1-8-4-5-2-3-6(7)9-5;/h2-3,8H,4H2,1H3;1H. The molecule has 0 radical (unpaired) electrons. The van der Waals surface area contributed by atoms with Crippen molar-refractivity contribution in [1.82, 2.24) is 5.32 Å². The lowest BCUT2D eigenvalue weighted by Gasteiger charge is -1.90. The number of rotatable bonds is 2. The summed E-state index contributed by atoms with van der Waals surface area (Å²) < 4.78 is 6.19. The fourth-order valence-corrected chi connectivity index (χ4v) is 1.08. The Kier molecular flexibility index (Phi) is 5.11. The van der Waals surface area contributed by atoms with Gasteiger partial charge in [0.25, 0.3) is 0 Å². The Balaban J connectivity index is 0.000000810. The van der Waals surface area contributed by atoms with Crippen LogP contribution in [0, 0.1) is 3.77 Å². The highest BCUT2D eigenvalue weighted by molar-refractivity contribution is 14.1. The van der Waals surface area contributed by atoms with Crippen molar-refractivity contribution < 1.29 is 4.42 Å². The molecule has 4 heteroatoms. The molecule has 0 saturated carbocycles. The first-order valence-electron chi connectivity index (χ1n) is 2.72. The van der Waals surface area contributed by atoms with E-state index in [0.29, 0.717) is 0 Å². The van der Waals surface area contributed by atoms with Gasteiger partial charge in [0, 0.05) is 0 Å². The van der Waals surface area contributed by atoms with Gasteiger partial charge in [-0.15, -0.1) is 12.4 Å². The fourth-order valence-electron chi connectivity index (χ4n) is 0.621. The van der Waals surface area contributed by atoms with Crippen LogP contribution in [-0.2, 0) is 6.54 Å². The number of furan rings is 1. The number of halogens is 2. The molecule has 1 aromatic rings. The van der Waals surface area contributed by atoms with Gasteiger partial charge in [0.05, 0.1) is 6.54 Å². The highest BCUT2D eigenvalue weighted by atomic mass is 127. The molecule has 0 aromatic carbocycles. The molecule has 0 atom stereocenters. The molecule has 0 spiro atoms. The summed E-state index contributed by atoms with van der Waals surface area (Å²) in [5.74, 6) is 0.988. The largest absolute Gasteiger partial charge is 0.454 e. The molecule has 1 N–H and O–H groups in total. The van der Waals surface area contributed by atoms with E-state index in [4.69, 9.17) is 4.42 Å². The third kappa shape index (κ3) is 2.90. The molecule has 0 bridgehead atoms. The maximum atomic E-state index is 5.25. The van der Waals surface area contributed by atoms with Gasteiger partial charge in [0.2, 0.25) is 0 Å². The summed E-state index contributed by atoms with van der Waals surface area (Å²) in [5, 5.41) is 3.00. The van der Waals surface area contributed by atoms with Crippen LogP contribution in [0.15, 0.2) is 16.5 Å². The predicted octanol–water partition coefficient (Wildman–Crippen LogP) is 2.03. The van der Waals surface area contributed by atoms with E-state index in [2.05, 4.69) is 27.9 Å². The van der Waals surface area contributed by atoms with E-state index >= 15 is 0 Å². The second-order valence-electron chi connectivity index (χ2n) is 1.74. The first-order chi connectivity index (χ1) is 4.33. The van der Waals surface area contributed by atoms with Crippen molar-refractivity contribution in [1.29, 1.82) is 0 Å². The van der Waals surface area contributed by atoms with E-state index in [-0.39, 0.29) is 12.4 Å². The maximum Gasteiger partial charge on any atom is 0.164 e. The Morgan fingerprint density at radius 1 is 1.60 bits per heavy atom. The highest BCUT2D eigenvalue weighted by Crippen LogP contribution is 2.08. The second-order valence-corrected chi connectivity index (χ2v) is 2.80. The minimum atomic E-state index is 0. The third-order valence-electron chi connectivity index (χ3n) is 0.980. The summed E-state index contributed by atoms with van der Waals surface area (Å²) in [6.07, 6.45) is 0. The molecular formula is C6H9ClINO. The minimum absolute atomic E-state index is 0. The lowest BCUT2D eigenvalue weighted by atomic mass is 10.4. The molecule has 0 aliphatic carbocycles. The van der Waals surface area contributed by atoms with Gasteiger partial charge >= 0.3 is 0 Å². The van der Waals surface area contributed by atoms with Crippen LogP contribution in [0.25, 0.3) is 0 Å². The Morgan fingerprint density at radius 2 is 2.30 bits per heavy atom. The molecule has 1 aromatic heterocycles. The molecule has 1 heterocycles. The summed E-state index contributed by atoms with van der Waals surface area (Å²) in [4.78, 5) is 0. The quantitative estimate of drug-likeness (QED) is 0.834. The molecule has 0 aliphatic heterocycles. The van der Waals surface area contributed by atoms with Gasteiger partial charge < -0.3 is 9.73 Å². The summed E-state index contributed by atoms with van der Waals surface area (Å²) in [6, 6.07) is 3.92. The smallest absolute Gasteiger partial charge is 0.164 e. The van der Waals surface area contributed by atoms with E-state index in [1.807, 2.05) is 19.2 Å². The van der Waals surface area contributed by atoms with Gasteiger partial charge in [-0.1, -0.05) is 0 Å². The monoisotopic (exact) mass is 273 g/mol. The van der Waals surface area contributed by atoms with Crippen LogP contribution in [0.3, 0.4) is 0 Å². The van der Waals surface area contributed by atoms with E-state index in [1.54, 1.807) is 0 Å². The zero-order valence-electron chi connectivity index (χ0n) is 5.56. The average molecular weight is 274 g/mol. The lowest BCUT2D eigenvalue weighted by molar-refractivity contribution is 0.473. The Bertz CT molecular complexity index is 190. The van der Waals surface area contributed by atoms with Gasteiger partial charge in [0.15, 0.2) is 3.77 Å². The number of hydrogen-bond acceptors (Lipinski definition) is 2. The van der Waals surface area contributed by atoms with Gasteiger partial charge in [-0.2, -0.15) is 0 Å². The van der Waals surface area contributed by atoms with E-state index in [9.17, 15) is 0 Å². The average Bonchev–Trinajstić information content (AvgIpc) is 2.17. The zero-order chi connectivity index (χ0) is 6.69. The molecule has 58 valence electrons. The Hall–Kier alpha value is 0.260. The summed E-state index contributed by atoms with van der Waals surface area (Å²) >= 11 is 2.15. The Labute approximate surface area is 79.9 Å². The molecular weight excluding hydrogens is 264 g/mol. The number of hydrogen-bond donors (Lipinski definition) is 1. The highest BCUT2D eigenvalue weighted by Gasteiger charge is 1.94. The van der Waals surface area contributed by atoms with Crippen LogP contribution in [0.4, 0.5) is 0 Å². The molecule has 0 unspecified atom stereocenters. The van der Waals surface area contributed by atoms with Crippen molar-refractivity contribution >= 4 is 35.0 Å². The van der Waals surface area contributed by atoms with Crippen LogP contribution in [-0.4, -0.2) is 7.05 Å². The van der Waals surface area contributed by atoms with Crippen molar-refractivity contribution in [3.05, 3.63) is 21.7 Å². The molecule has 0 aliphatic rings. The van der Waals surface area contributed by atoms with Gasteiger partial charge in [0.1, 0.15) is 5.76 Å². The van der Waals surface area contributed by atoms with Crippen molar-refractivity contribution in [2.24, 2.45) is 0 Å². The molecule has 0 amide bonds. The molecule has 0 fully saturated rings. The topological polar surface area (TPSA) is 25.2 Å². The van der Waals surface area contributed by atoms with E-state index in [1.165, 1.54) is 0 Å². The van der Waals surface area contributed by atoms with Crippen LogP contribution >= 0.6 is 35.0 Å². The first kappa shape index (κ1) is 10.3. The van der Waals surface area contributed by atoms with Crippen molar-refractivity contribution in [2.75, 3.05) is 7.05 Å². The molecule has 0 saturated heterocycles. The van der Waals surface area contributed by atoms with Crippen LogP contribution in [0.2, 0.25) is 0 Å². The fraction of sp³-hybridized carbons (Fsp3) is 0.333. The molecule has 10 heavy (non-hydrogen) atoms. The summed E-state index contributed by atoms with van der Waals surface area (Å²) in [6.45, 7) is 0.809. The summed E-state index contributed by atoms with van der Waals surface area (Å²) in [5.41, 5.74) is 0. The van der Waals surface area contributed by atoms with Gasteiger partial charge in [-0.3, -0.25) is 0 Å². The third-order valence-corrected chi connectivity index (χ3v) is 1.56. The second kappa shape index (κ2) is 4.98. The summed E-state index contributed by atoms with van der Waals surface area (Å²) in [7, 11) is 1.90. The van der Waals surface area contributed by atoms with Crippen LogP contribution < -0.4 is 5.32 Å². The first-order valence-corrected chi connectivity index (χ1v) is 3.79. The zero-order valence-corrected chi connectivity index (χ0v) is 8.53. The van der Waals surface area contributed by atoms with Crippen LogP contribution in [0.5, 0.6) is 0 Å². The van der Waals surface area contributed by atoms with Gasteiger partial charge in [-0.05, 0) is 41.8 Å². The van der Waals surface area contributed by atoms with E-state index < -0.39 is 0 Å². The normalized spacial score (nSPS) is 9.00. The van der Waals surface area contributed by atoms with Gasteiger partial charge in [-0.25, -0.2) is 0 Å². The lowest BCUT2D eigenvalue weighted by Crippen LogP contribution is -2.03. The van der Waals surface area contributed by atoms with Crippen molar-refractivity contribution in [3.63, 3.8) is 0 Å². The molecule has 1 rings (SSSR count). The van der Waals surface area contributed by atoms with Crippen molar-refractivity contribution in [3.8, 4) is 0 Å². The van der Waals surface area contributed by atoms with Crippen LogP contribution in [0.1, 0.15) is 5.76 Å². The number of nitrogens with one attached hydrogen (secondary N) is 1. The van der Waals surface area contributed by atoms with E-state index in [0.717, 1.165) is 16.1 Å².